The van der Waals surface area contributed by atoms with E-state index >= 15 is 0 Å². The molecular formula is C19H21ClN4. The Morgan fingerprint density at radius 1 is 1.21 bits per heavy atom. The van der Waals surface area contributed by atoms with Crippen molar-refractivity contribution in [3.63, 3.8) is 0 Å². The molecule has 0 unspecified atom stereocenters. The van der Waals surface area contributed by atoms with Crippen LogP contribution in [0.15, 0.2) is 36.5 Å². The van der Waals surface area contributed by atoms with Crippen LogP contribution in [0.2, 0.25) is 5.02 Å². The van der Waals surface area contributed by atoms with Gasteiger partial charge in [-0.05, 0) is 62.2 Å². The number of aryl methyl sites for hydroxylation is 1. The zero-order valence-corrected chi connectivity index (χ0v) is 14.6. The summed E-state index contributed by atoms with van der Waals surface area (Å²) >= 11 is 6.01. The molecule has 0 aliphatic carbocycles. The molecule has 0 saturated carbocycles. The van der Waals surface area contributed by atoms with Crippen molar-refractivity contribution in [1.82, 2.24) is 19.9 Å². The molecule has 0 radical (unpaired) electrons. The second-order valence-electron chi connectivity index (χ2n) is 6.54. The molecule has 0 spiro atoms. The quantitative estimate of drug-likeness (QED) is 0.786. The Labute approximate surface area is 146 Å². The highest BCUT2D eigenvalue weighted by molar-refractivity contribution is 6.30. The predicted octanol–water partition coefficient (Wildman–Crippen LogP) is 3.91. The zero-order valence-electron chi connectivity index (χ0n) is 13.8. The Bertz CT molecular complexity index is 848. The van der Waals surface area contributed by atoms with Crippen LogP contribution in [-0.2, 0) is 6.42 Å². The lowest BCUT2D eigenvalue weighted by Gasteiger charge is -2.26. The molecule has 1 fully saturated rings. The van der Waals surface area contributed by atoms with Crippen molar-refractivity contribution < 1.29 is 0 Å². The van der Waals surface area contributed by atoms with Gasteiger partial charge in [0.05, 0.1) is 0 Å². The van der Waals surface area contributed by atoms with E-state index in [-0.39, 0.29) is 0 Å². The Morgan fingerprint density at radius 3 is 2.71 bits per heavy atom. The third-order valence-corrected chi connectivity index (χ3v) is 4.94. The van der Waals surface area contributed by atoms with E-state index in [1.807, 2.05) is 18.3 Å². The van der Waals surface area contributed by atoms with Gasteiger partial charge in [0.25, 0.3) is 0 Å². The number of nitrogens with zero attached hydrogens (tertiary/aromatic N) is 3. The normalized spacial score (nSPS) is 15.9. The van der Waals surface area contributed by atoms with E-state index in [1.165, 1.54) is 5.56 Å². The van der Waals surface area contributed by atoms with E-state index in [0.29, 0.717) is 6.04 Å². The molecule has 3 aromatic rings. The second kappa shape index (κ2) is 6.54. The van der Waals surface area contributed by atoms with Gasteiger partial charge in [-0.2, -0.15) is 0 Å². The Hall–Kier alpha value is -1.91. The van der Waals surface area contributed by atoms with Crippen molar-refractivity contribution >= 4 is 22.8 Å². The van der Waals surface area contributed by atoms with E-state index in [4.69, 9.17) is 21.6 Å². The number of halogens is 1. The van der Waals surface area contributed by atoms with E-state index in [2.05, 4.69) is 35.0 Å². The highest BCUT2D eigenvalue weighted by Gasteiger charge is 2.22. The van der Waals surface area contributed by atoms with Crippen molar-refractivity contribution in [2.45, 2.75) is 32.2 Å². The lowest BCUT2D eigenvalue weighted by atomic mass is 10.1. The minimum Gasteiger partial charge on any atom is -0.317 e. The maximum atomic E-state index is 6.01. The summed E-state index contributed by atoms with van der Waals surface area (Å²) in [5, 5.41) is 4.21. The lowest BCUT2D eigenvalue weighted by Crippen LogP contribution is -2.30. The highest BCUT2D eigenvalue weighted by Crippen LogP contribution is 2.27. The third-order valence-electron chi connectivity index (χ3n) is 4.69. The number of benzene rings is 1. The van der Waals surface area contributed by atoms with E-state index < -0.39 is 0 Å². The molecule has 1 aliphatic heterocycles. The fraction of sp³-hybridized carbons (Fsp3) is 0.368. The molecule has 3 heterocycles. The molecule has 4 nitrogen and oxygen atoms in total. The molecular weight excluding hydrogens is 320 g/mol. The molecule has 5 heteroatoms. The van der Waals surface area contributed by atoms with Crippen LogP contribution in [-0.4, -0.2) is 27.6 Å². The van der Waals surface area contributed by atoms with Crippen molar-refractivity contribution in [2.24, 2.45) is 0 Å². The van der Waals surface area contributed by atoms with Crippen LogP contribution in [0.25, 0.3) is 11.2 Å². The summed E-state index contributed by atoms with van der Waals surface area (Å²) in [6.07, 6.45) is 4.98. The number of aromatic nitrogens is 3. The molecule has 1 aliphatic rings. The molecule has 1 aromatic carbocycles. The largest absolute Gasteiger partial charge is 0.317 e. The van der Waals surface area contributed by atoms with Crippen LogP contribution in [0.5, 0.6) is 0 Å². The maximum Gasteiger partial charge on any atom is 0.160 e. The minimum absolute atomic E-state index is 0.466. The number of pyridine rings is 1. The smallest absolute Gasteiger partial charge is 0.160 e. The Balaban J connectivity index is 1.78. The van der Waals surface area contributed by atoms with Gasteiger partial charge in [0, 0.05) is 23.7 Å². The van der Waals surface area contributed by atoms with Crippen LogP contribution < -0.4 is 5.32 Å². The molecule has 124 valence electrons. The Morgan fingerprint density at radius 2 is 1.96 bits per heavy atom. The standard InChI is InChI=1S/C19H21ClN4/c1-13-10-17-19(22-12-13)24(16-6-8-21-9-7-16)18(23-17)11-14-2-4-15(20)5-3-14/h2-5,10,12,16,21H,6-9,11H2,1H3. The highest BCUT2D eigenvalue weighted by atomic mass is 35.5. The van der Waals surface area contributed by atoms with Crippen LogP contribution >= 0.6 is 11.6 Å². The maximum absolute atomic E-state index is 6.01. The molecule has 0 bridgehead atoms. The molecule has 0 atom stereocenters. The van der Waals surface area contributed by atoms with Crippen molar-refractivity contribution in [3.8, 4) is 0 Å². The van der Waals surface area contributed by atoms with Gasteiger partial charge in [0.2, 0.25) is 0 Å². The van der Waals surface area contributed by atoms with Gasteiger partial charge in [-0.1, -0.05) is 23.7 Å². The van der Waals surface area contributed by atoms with E-state index in [0.717, 1.165) is 59.9 Å². The van der Waals surface area contributed by atoms with Gasteiger partial charge in [0.1, 0.15) is 11.3 Å². The topological polar surface area (TPSA) is 42.7 Å². The van der Waals surface area contributed by atoms with Gasteiger partial charge in [-0.25, -0.2) is 9.97 Å². The molecule has 0 amide bonds. The molecule has 1 N–H and O–H groups in total. The average Bonchev–Trinajstić information content (AvgIpc) is 2.94. The summed E-state index contributed by atoms with van der Waals surface area (Å²) in [6, 6.07) is 10.6. The van der Waals surface area contributed by atoms with Gasteiger partial charge >= 0.3 is 0 Å². The summed E-state index contributed by atoms with van der Waals surface area (Å²) in [7, 11) is 0. The number of piperidine rings is 1. The lowest BCUT2D eigenvalue weighted by molar-refractivity contribution is 0.367. The third kappa shape index (κ3) is 3.04. The van der Waals surface area contributed by atoms with Crippen molar-refractivity contribution in [1.29, 1.82) is 0 Å². The van der Waals surface area contributed by atoms with Crippen LogP contribution in [0.3, 0.4) is 0 Å². The first kappa shape index (κ1) is 15.6. The summed E-state index contributed by atoms with van der Waals surface area (Å²) in [6.45, 7) is 4.17. The predicted molar refractivity (Wildman–Crippen MR) is 97.7 cm³/mol. The first-order valence-corrected chi connectivity index (χ1v) is 8.87. The van der Waals surface area contributed by atoms with Crippen LogP contribution in [0.1, 0.15) is 35.8 Å². The van der Waals surface area contributed by atoms with Crippen molar-refractivity contribution in [2.75, 3.05) is 13.1 Å². The van der Waals surface area contributed by atoms with Gasteiger partial charge in [-0.15, -0.1) is 0 Å². The van der Waals surface area contributed by atoms with Crippen molar-refractivity contribution in [3.05, 3.63) is 58.5 Å². The number of nitrogens with one attached hydrogen (secondary N) is 1. The van der Waals surface area contributed by atoms with Crippen LogP contribution in [0.4, 0.5) is 0 Å². The van der Waals surface area contributed by atoms with E-state index in [1.54, 1.807) is 0 Å². The fourth-order valence-corrected chi connectivity index (χ4v) is 3.61. The number of fused-ring (bicyclic) bond motifs is 1. The second-order valence-corrected chi connectivity index (χ2v) is 6.97. The SMILES string of the molecule is Cc1cnc2c(c1)nc(Cc1ccc(Cl)cc1)n2C1CCNCC1. The molecule has 2 aromatic heterocycles. The van der Waals surface area contributed by atoms with Gasteiger partial charge in [0.15, 0.2) is 5.65 Å². The number of imidazole rings is 1. The minimum atomic E-state index is 0.466. The average molecular weight is 341 g/mol. The number of hydrogen-bond donors (Lipinski definition) is 1. The zero-order chi connectivity index (χ0) is 16.5. The number of hydrogen-bond acceptors (Lipinski definition) is 3. The monoisotopic (exact) mass is 340 g/mol. The van der Waals surface area contributed by atoms with Crippen LogP contribution in [0, 0.1) is 6.92 Å². The number of rotatable bonds is 3. The molecule has 1 saturated heterocycles. The summed E-state index contributed by atoms with van der Waals surface area (Å²) in [4.78, 5) is 9.60. The summed E-state index contributed by atoms with van der Waals surface area (Å²) < 4.78 is 2.37. The Kier molecular flexibility index (Phi) is 4.25. The summed E-state index contributed by atoms with van der Waals surface area (Å²) in [5.74, 6) is 1.09. The summed E-state index contributed by atoms with van der Waals surface area (Å²) in [5.41, 5.74) is 4.38. The first-order valence-electron chi connectivity index (χ1n) is 8.49. The molecule has 24 heavy (non-hydrogen) atoms. The van der Waals surface area contributed by atoms with Gasteiger partial charge < -0.3 is 9.88 Å². The van der Waals surface area contributed by atoms with Gasteiger partial charge in [-0.3, -0.25) is 0 Å². The van der Waals surface area contributed by atoms with E-state index in [9.17, 15) is 0 Å². The fourth-order valence-electron chi connectivity index (χ4n) is 3.49. The first-order chi connectivity index (χ1) is 11.7. The molecule has 4 rings (SSSR count).